The molecule has 0 aliphatic rings. The van der Waals surface area contributed by atoms with Gasteiger partial charge in [0.25, 0.3) is 0 Å². The number of nitrogens with one attached hydrogen (secondary N) is 5. The van der Waals surface area contributed by atoms with Crippen molar-refractivity contribution in [2.45, 2.75) is 69.4 Å². The zero-order chi connectivity index (χ0) is 33.0. The minimum Gasteiger partial charge on any atom is -0.394 e. The number of H-pyrrole nitrogens is 1. The molecule has 0 saturated carbocycles. The van der Waals surface area contributed by atoms with Crippen molar-refractivity contribution in [3.05, 3.63) is 36.0 Å². The molecule has 15 N–H and O–H groups in total. The third-order valence-corrected chi connectivity index (χ3v) is 6.73. The Bertz CT molecular complexity index is 1340. The van der Waals surface area contributed by atoms with Gasteiger partial charge < -0.3 is 59.4 Å². The highest BCUT2D eigenvalue weighted by molar-refractivity contribution is 5.96. The first-order valence-corrected chi connectivity index (χ1v) is 13.9. The van der Waals surface area contributed by atoms with E-state index in [1.807, 2.05) is 24.3 Å². The van der Waals surface area contributed by atoms with Crippen LogP contribution in [0, 0.1) is 0 Å². The van der Waals surface area contributed by atoms with E-state index in [9.17, 15) is 34.2 Å². The Morgan fingerprint density at radius 2 is 1.50 bits per heavy atom. The van der Waals surface area contributed by atoms with Crippen LogP contribution < -0.4 is 44.2 Å². The molecule has 2 aromatic rings. The summed E-state index contributed by atoms with van der Waals surface area (Å²) >= 11 is 0. The Kier molecular flexibility index (Phi) is 13.5. The number of aliphatic hydroxyl groups excluding tert-OH is 2. The number of aromatic nitrogens is 1. The number of aliphatic imine (C=N–C) groups is 1. The number of carbonyl (C=O) groups is 5. The molecule has 242 valence electrons. The van der Waals surface area contributed by atoms with Crippen molar-refractivity contribution in [1.82, 2.24) is 26.3 Å². The van der Waals surface area contributed by atoms with E-state index in [2.05, 4.69) is 31.2 Å². The molecule has 0 unspecified atom stereocenters. The van der Waals surface area contributed by atoms with E-state index in [4.69, 9.17) is 22.9 Å². The van der Waals surface area contributed by atoms with Crippen LogP contribution >= 0.6 is 0 Å². The number of nitrogens with two attached hydrogens (primary N) is 4. The number of aliphatic hydroxyl groups is 2. The Morgan fingerprint density at radius 1 is 0.886 bits per heavy atom. The van der Waals surface area contributed by atoms with Crippen molar-refractivity contribution in [3.63, 3.8) is 0 Å². The average Bonchev–Trinajstić information content (AvgIpc) is 3.38. The van der Waals surface area contributed by atoms with Gasteiger partial charge in [-0.05, 0) is 38.3 Å². The molecule has 17 nitrogen and oxygen atoms in total. The summed E-state index contributed by atoms with van der Waals surface area (Å²) in [6.07, 6.45) is 0.856. The lowest BCUT2D eigenvalue weighted by atomic mass is 10.0. The topological polar surface area (TPSA) is 306 Å². The van der Waals surface area contributed by atoms with E-state index in [0.29, 0.717) is 0 Å². The number of primary amides is 1. The van der Waals surface area contributed by atoms with Gasteiger partial charge in [0.1, 0.15) is 30.2 Å². The van der Waals surface area contributed by atoms with Crippen LogP contribution in [-0.2, 0) is 30.4 Å². The minimum atomic E-state index is -1.52. The average molecular weight is 619 g/mol. The van der Waals surface area contributed by atoms with Gasteiger partial charge in [-0.3, -0.25) is 29.0 Å². The van der Waals surface area contributed by atoms with Crippen LogP contribution in [0.15, 0.2) is 35.5 Å². The summed E-state index contributed by atoms with van der Waals surface area (Å²) in [4.78, 5) is 70.2. The van der Waals surface area contributed by atoms with Crippen LogP contribution in [0.1, 0.15) is 32.3 Å². The van der Waals surface area contributed by atoms with Gasteiger partial charge in [-0.1, -0.05) is 18.2 Å². The molecule has 1 heterocycles. The molecular weight excluding hydrogens is 576 g/mol. The molecule has 5 amide bonds. The molecule has 0 radical (unpaired) electrons. The van der Waals surface area contributed by atoms with Crippen molar-refractivity contribution in [2.75, 3.05) is 13.2 Å². The fourth-order valence-corrected chi connectivity index (χ4v) is 4.15. The van der Waals surface area contributed by atoms with Gasteiger partial charge >= 0.3 is 0 Å². The first-order valence-electron chi connectivity index (χ1n) is 13.9. The Labute approximate surface area is 253 Å². The van der Waals surface area contributed by atoms with Gasteiger partial charge in [0, 0.05) is 30.1 Å². The van der Waals surface area contributed by atoms with Gasteiger partial charge in [-0.15, -0.1) is 0 Å². The van der Waals surface area contributed by atoms with Gasteiger partial charge in [0.15, 0.2) is 5.96 Å². The van der Waals surface area contributed by atoms with Crippen LogP contribution in [0.2, 0.25) is 0 Å². The lowest BCUT2D eigenvalue weighted by molar-refractivity contribution is -0.135. The fourth-order valence-electron chi connectivity index (χ4n) is 4.15. The van der Waals surface area contributed by atoms with Crippen LogP contribution in [-0.4, -0.2) is 100 Å². The summed E-state index contributed by atoms with van der Waals surface area (Å²) in [7, 11) is 0. The van der Waals surface area contributed by atoms with Crippen molar-refractivity contribution in [3.8, 4) is 0 Å². The molecule has 44 heavy (non-hydrogen) atoms. The highest BCUT2D eigenvalue weighted by Crippen LogP contribution is 2.19. The maximum absolute atomic E-state index is 13.0. The summed E-state index contributed by atoms with van der Waals surface area (Å²) in [6.45, 7) is 1.93. The minimum absolute atomic E-state index is 0.0182. The smallest absolute Gasteiger partial charge is 0.245 e. The number of hydrogen-bond acceptors (Lipinski definition) is 9. The highest BCUT2D eigenvalue weighted by atomic mass is 16.3. The largest absolute Gasteiger partial charge is 0.394 e. The number of carbonyl (C=O) groups excluding carboxylic acids is 5. The summed E-state index contributed by atoms with van der Waals surface area (Å²) in [5.41, 5.74) is 23.4. The maximum atomic E-state index is 13.0. The first kappa shape index (κ1) is 35.5. The quantitative estimate of drug-likeness (QED) is 0.0462. The molecule has 0 saturated heterocycles. The number of benzene rings is 1. The van der Waals surface area contributed by atoms with E-state index in [1.54, 1.807) is 6.20 Å². The molecule has 0 fully saturated rings. The van der Waals surface area contributed by atoms with Crippen LogP contribution in [0.3, 0.4) is 0 Å². The molecular formula is C27H42N10O7. The second kappa shape index (κ2) is 16.8. The van der Waals surface area contributed by atoms with Crippen LogP contribution in [0.5, 0.6) is 0 Å². The first-order chi connectivity index (χ1) is 20.7. The maximum Gasteiger partial charge on any atom is 0.245 e. The molecule has 1 aromatic heterocycles. The number of hydrogen-bond donors (Lipinski definition) is 11. The highest BCUT2D eigenvalue weighted by Gasteiger charge is 2.30. The Balaban J connectivity index is 2.04. The number of aromatic amines is 1. The number of amides is 5. The fraction of sp³-hybridized carbons (Fsp3) is 0.481. The molecule has 0 spiro atoms. The number of nitrogens with zero attached hydrogens (tertiary/aromatic N) is 1. The van der Waals surface area contributed by atoms with E-state index in [-0.39, 0.29) is 31.8 Å². The molecule has 0 aliphatic carbocycles. The summed E-state index contributed by atoms with van der Waals surface area (Å²) in [5, 5.41) is 29.9. The zero-order valence-electron chi connectivity index (χ0n) is 24.6. The van der Waals surface area contributed by atoms with E-state index >= 15 is 0 Å². The number of guanidine groups is 1. The molecule has 1 aromatic carbocycles. The lowest BCUT2D eigenvalue weighted by Gasteiger charge is -2.25. The standard InChI is InChI=1S/C27H42N10O7/c1-13(23(41)36-19(22(29)40)10-15-11-33-17-7-4-3-6-16(15)17)34-25(43)20(12-38)37-24(42)18(8-5-9-32-27(30)31)35-26(44)21(28)14(2)39/h3-4,6-7,11,13-14,18-21,33,38-39H,5,8-10,12,28H2,1-2H3,(H2,29,40)(H,34,43)(H,35,44)(H,36,41)(H,37,42)(H4,30,31,32)/t13-,14+,18-,19-,20-,21-/m0/s1. The third kappa shape index (κ3) is 10.5. The van der Waals surface area contributed by atoms with E-state index < -0.39 is 72.5 Å². The SMILES string of the molecule is C[C@H](NC(=O)[C@H](CO)NC(=O)[C@H](CCCN=C(N)N)NC(=O)[C@@H](N)[C@@H](C)O)C(=O)N[C@@H](Cc1c[nH]c2ccccc12)C(N)=O. The Morgan fingerprint density at radius 3 is 2.11 bits per heavy atom. The summed E-state index contributed by atoms with van der Waals surface area (Å²) in [6, 6.07) is 1.03. The van der Waals surface area contributed by atoms with Crippen molar-refractivity contribution in [2.24, 2.45) is 27.9 Å². The predicted molar refractivity (Wildman–Crippen MR) is 161 cm³/mol. The van der Waals surface area contributed by atoms with Crippen LogP contribution in [0.4, 0.5) is 0 Å². The van der Waals surface area contributed by atoms with Crippen molar-refractivity contribution >= 4 is 46.4 Å². The lowest BCUT2D eigenvalue weighted by Crippen LogP contribution is -2.59. The molecule has 2 rings (SSSR count). The monoisotopic (exact) mass is 618 g/mol. The Hall–Kier alpha value is -4.74. The van der Waals surface area contributed by atoms with E-state index in [1.165, 1.54) is 13.8 Å². The molecule has 0 aliphatic heterocycles. The number of para-hydroxylation sites is 1. The third-order valence-electron chi connectivity index (χ3n) is 6.73. The van der Waals surface area contributed by atoms with Crippen molar-refractivity contribution in [1.29, 1.82) is 0 Å². The number of rotatable bonds is 17. The van der Waals surface area contributed by atoms with Gasteiger partial charge in [0.2, 0.25) is 29.5 Å². The summed E-state index contributed by atoms with van der Waals surface area (Å²) < 4.78 is 0. The zero-order valence-corrected chi connectivity index (χ0v) is 24.6. The molecule has 0 bridgehead atoms. The predicted octanol–water partition coefficient (Wildman–Crippen LogP) is -4.09. The normalized spacial score (nSPS) is 15.1. The summed E-state index contributed by atoms with van der Waals surface area (Å²) in [5.74, 6) is -4.27. The number of fused-ring (bicyclic) bond motifs is 1. The van der Waals surface area contributed by atoms with Gasteiger partial charge in [-0.25, -0.2) is 0 Å². The van der Waals surface area contributed by atoms with Crippen LogP contribution in [0.25, 0.3) is 10.9 Å². The molecule has 6 atom stereocenters. The molecule has 17 heteroatoms. The second-order valence-corrected chi connectivity index (χ2v) is 10.3. The van der Waals surface area contributed by atoms with E-state index in [0.717, 1.165) is 16.5 Å². The van der Waals surface area contributed by atoms with Crippen molar-refractivity contribution < 1.29 is 34.2 Å². The van der Waals surface area contributed by atoms with Gasteiger partial charge in [0.05, 0.1) is 12.7 Å². The second-order valence-electron chi connectivity index (χ2n) is 10.3. The van der Waals surface area contributed by atoms with Gasteiger partial charge in [-0.2, -0.15) is 0 Å².